The van der Waals surface area contributed by atoms with E-state index < -0.39 is 6.10 Å². The summed E-state index contributed by atoms with van der Waals surface area (Å²) in [6.45, 7) is 6.33. The van der Waals surface area contributed by atoms with Gasteiger partial charge < -0.3 is 14.6 Å². The first-order valence-corrected chi connectivity index (χ1v) is 9.20. The predicted molar refractivity (Wildman–Crippen MR) is 92.3 cm³/mol. The van der Waals surface area contributed by atoms with Crippen molar-refractivity contribution in [2.45, 2.75) is 38.7 Å². The second-order valence-electron chi connectivity index (χ2n) is 7.54. The van der Waals surface area contributed by atoms with Gasteiger partial charge in [-0.15, -0.1) is 0 Å². The summed E-state index contributed by atoms with van der Waals surface area (Å²) in [7, 11) is 1.92. The Kier molecular flexibility index (Phi) is 5.56. The number of nitrogens with zero attached hydrogens (tertiary/aromatic N) is 4. The first-order valence-electron chi connectivity index (χ1n) is 9.20. The summed E-state index contributed by atoms with van der Waals surface area (Å²) in [5, 5.41) is 10.5. The van der Waals surface area contributed by atoms with E-state index in [1.165, 1.54) is 6.42 Å². The number of aromatic nitrogens is 2. The number of aliphatic hydroxyl groups is 1. The van der Waals surface area contributed by atoms with Gasteiger partial charge in [-0.1, -0.05) is 6.92 Å². The highest BCUT2D eigenvalue weighted by molar-refractivity contribution is 5.78. The van der Waals surface area contributed by atoms with Gasteiger partial charge in [0.15, 0.2) is 0 Å². The maximum atomic E-state index is 12.5. The topological polar surface area (TPSA) is 61.6 Å². The van der Waals surface area contributed by atoms with Crippen LogP contribution in [0.4, 0.5) is 0 Å². The van der Waals surface area contributed by atoms with Gasteiger partial charge in [-0.05, 0) is 50.6 Å². The molecule has 1 aromatic rings. The number of carbonyl (C=O) groups excluding carboxylic acids is 1. The van der Waals surface area contributed by atoms with Crippen molar-refractivity contribution in [2.24, 2.45) is 18.9 Å². The molecule has 6 heteroatoms. The number of hydrogen-bond acceptors (Lipinski definition) is 4. The van der Waals surface area contributed by atoms with Crippen LogP contribution in [0.3, 0.4) is 0 Å². The van der Waals surface area contributed by atoms with Gasteiger partial charge in [0.1, 0.15) is 11.9 Å². The number of aliphatic hydroxyl groups excluding tert-OH is 1. The molecule has 134 valence electrons. The minimum absolute atomic E-state index is 0.229. The highest BCUT2D eigenvalue weighted by atomic mass is 16.3. The fraction of sp³-hybridized carbons (Fsp3) is 0.778. The van der Waals surface area contributed by atoms with E-state index >= 15 is 0 Å². The first kappa shape index (κ1) is 17.4. The van der Waals surface area contributed by atoms with Gasteiger partial charge in [0.25, 0.3) is 0 Å². The van der Waals surface area contributed by atoms with Crippen molar-refractivity contribution in [3.8, 4) is 0 Å². The molecule has 1 amide bonds. The van der Waals surface area contributed by atoms with Crippen LogP contribution in [-0.4, -0.2) is 63.1 Å². The summed E-state index contributed by atoms with van der Waals surface area (Å²) in [5.41, 5.74) is 0. The molecule has 0 spiro atoms. The van der Waals surface area contributed by atoms with Gasteiger partial charge in [-0.2, -0.15) is 0 Å². The minimum Gasteiger partial charge on any atom is -0.385 e. The number of imidazole rings is 1. The van der Waals surface area contributed by atoms with Crippen LogP contribution >= 0.6 is 0 Å². The second kappa shape index (κ2) is 7.66. The van der Waals surface area contributed by atoms with Crippen molar-refractivity contribution >= 4 is 5.91 Å². The number of hydrogen-bond donors (Lipinski definition) is 1. The van der Waals surface area contributed by atoms with Crippen LogP contribution in [0.1, 0.15) is 44.5 Å². The van der Waals surface area contributed by atoms with E-state index in [9.17, 15) is 9.90 Å². The third-order valence-electron chi connectivity index (χ3n) is 5.57. The van der Waals surface area contributed by atoms with Gasteiger partial charge in [0.2, 0.25) is 5.91 Å². The van der Waals surface area contributed by atoms with E-state index in [0.29, 0.717) is 12.5 Å². The Balaban J connectivity index is 1.47. The van der Waals surface area contributed by atoms with E-state index in [-0.39, 0.29) is 11.8 Å². The van der Waals surface area contributed by atoms with E-state index in [0.717, 1.165) is 51.3 Å². The molecule has 2 atom stereocenters. The standard InChI is InChI=1S/C18H30N4O2/c1-14-4-3-8-22(12-14)16(23)13-21-9-5-15(6-10-21)17(24)18-19-7-11-20(18)2/h7,11,14-15,17,24H,3-6,8-10,12-13H2,1-2H3. The van der Waals surface area contributed by atoms with Crippen LogP contribution in [0.15, 0.2) is 12.4 Å². The minimum atomic E-state index is -0.509. The van der Waals surface area contributed by atoms with Crippen LogP contribution in [0.2, 0.25) is 0 Å². The van der Waals surface area contributed by atoms with Crippen LogP contribution < -0.4 is 0 Å². The Morgan fingerprint density at radius 3 is 2.71 bits per heavy atom. The van der Waals surface area contributed by atoms with Gasteiger partial charge in [0.05, 0.1) is 6.54 Å². The molecule has 2 unspecified atom stereocenters. The fourth-order valence-corrected chi connectivity index (χ4v) is 4.01. The van der Waals surface area contributed by atoms with Crippen molar-refractivity contribution in [1.29, 1.82) is 0 Å². The molecular formula is C18H30N4O2. The van der Waals surface area contributed by atoms with Crippen molar-refractivity contribution in [3.63, 3.8) is 0 Å². The smallest absolute Gasteiger partial charge is 0.236 e. The van der Waals surface area contributed by atoms with Gasteiger partial charge in [-0.3, -0.25) is 9.69 Å². The number of rotatable bonds is 4. The maximum Gasteiger partial charge on any atom is 0.236 e. The molecule has 2 saturated heterocycles. The number of carbonyl (C=O) groups is 1. The average Bonchev–Trinajstić information content (AvgIpc) is 3.01. The van der Waals surface area contributed by atoms with Crippen molar-refractivity contribution in [2.75, 3.05) is 32.7 Å². The lowest BCUT2D eigenvalue weighted by molar-refractivity contribution is -0.134. The Hall–Kier alpha value is -1.40. The molecule has 0 bridgehead atoms. The van der Waals surface area contributed by atoms with E-state index in [2.05, 4.69) is 16.8 Å². The van der Waals surface area contributed by atoms with Gasteiger partial charge in [-0.25, -0.2) is 4.98 Å². The average molecular weight is 334 g/mol. The van der Waals surface area contributed by atoms with E-state index in [1.807, 2.05) is 22.7 Å². The zero-order valence-corrected chi connectivity index (χ0v) is 14.9. The summed E-state index contributed by atoms with van der Waals surface area (Å²) in [6, 6.07) is 0. The predicted octanol–water partition coefficient (Wildman–Crippen LogP) is 1.42. The van der Waals surface area contributed by atoms with E-state index in [4.69, 9.17) is 0 Å². The zero-order chi connectivity index (χ0) is 17.1. The fourth-order valence-electron chi connectivity index (χ4n) is 4.01. The molecule has 2 aliphatic heterocycles. The number of amides is 1. The van der Waals surface area contributed by atoms with Crippen LogP contribution in [-0.2, 0) is 11.8 Å². The van der Waals surface area contributed by atoms with E-state index in [1.54, 1.807) is 6.20 Å². The lowest BCUT2D eigenvalue weighted by Gasteiger charge is -2.36. The largest absolute Gasteiger partial charge is 0.385 e. The molecule has 0 aliphatic carbocycles. The molecule has 0 aromatic carbocycles. The molecular weight excluding hydrogens is 304 g/mol. The molecule has 3 rings (SSSR count). The molecule has 3 heterocycles. The maximum absolute atomic E-state index is 12.5. The molecule has 0 radical (unpaired) electrons. The number of piperidine rings is 2. The van der Waals surface area contributed by atoms with Crippen molar-refractivity contribution in [1.82, 2.24) is 19.4 Å². The molecule has 1 N–H and O–H groups in total. The third-order valence-corrected chi connectivity index (χ3v) is 5.57. The Morgan fingerprint density at radius 1 is 1.33 bits per heavy atom. The van der Waals surface area contributed by atoms with Crippen LogP contribution in [0.25, 0.3) is 0 Å². The first-order chi connectivity index (χ1) is 11.5. The summed E-state index contributed by atoms with van der Waals surface area (Å²) in [5.74, 6) is 1.87. The Bertz CT molecular complexity index is 551. The third kappa shape index (κ3) is 3.98. The summed E-state index contributed by atoms with van der Waals surface area (Å²) in [6.07, 6.45) is 7.28. The van der Waals surface area contributed by atoms with Crippen molar-refractivity contribution < 1.29 is 9.90 Å². The molecule has 0 saturated carbocycles. The summed E-state index contributed by atoms with van der Waals surface area (Å²) >= 11 is 0. The number of likely N-dealkylation sites (tertiary alicyclic amines) is 2. The SMILES string of the molecule is CC1CCCN(C(=O)CN2CCC(C(O)c3nccn3C)CC2)C1. The van der Waals surface area contributed by atoms with Crippen LogP contribution in [0, 0.1) is 11.8 Å². The highest BCUT2D eigenvalue weighted by Crippen LogP contribution is 2.29. The quantitative estimate of drug-likeness (QED) is 0.905. The lowest BCUT2D eigenvalue weighted by atomic mass is 9.90. The second-order valence-corrected chi connectivity index (χ2v) is 7.54. The summed E-state index contributed by atoms with van der Waals surface area (Å²) in [4.78, 5) is 21.0. The number of aryl methyl sites for hydroxylation is 1. The lowest BCUT2D eigenvalue weighted by Crippen LogP contribution is -2.46. The monoisotopic (exact) mass is 334 g/mol. The van der Waals surface area contributed by atoms with Gasteiger partial charge in [0, 0.05) is 32.5 Å². The Morgan fingerprint density at radius 2 is 2.08 bits per heavy atom. The molecule has 6 nitrogen and oxygen atoms in total. The molecule has 1 aromatic heterocycles. The van der Waals surface area contributed by atoms with Crippen LogP contribution in [0.5, 0.6) is 0 Å². The zero-order valence-electron chi connectivity index (χ0n) is 14.9. The Labute approximate surface area is 144 Å². The van der Waals surface area contributed by atoms with Gasteiger partial charge >= 0.3 is 0 Å². The normalized spacial score (nSPS) is 25.0. The molecule has 2 fully saturated rings. The molecule has 2 aliphatic rings. The highest BCUT2D eigenvalue weighted by Gasteiger charge is 2.30. The summed E-state index contributed by atoms with van der Waals surface area (Å²) < 4.78 is 1.89. The van der Waals surface area contributed by atoms with Crippen molar-refractivity contribution in [3.05, 3.63) is 18.2 Å². The molecule has 24 heavy (non-hydrogen) atoms.